The van der Waals surface area contributed by atoms with E-state index in [1.165, 1.54) is 0 Å². The molecule has 5 nitrogen and oxygen atoms in total. The van der Waals surface area contributed by atoms with Crippen LogP contribution in [-0.2, 0) is 0 Å². The topological polar surface area (TPSA) is 62.7 Å². The number of halogens is 1. The molecule has 0 saturated carbocycles. The highest BCUT2D eigenvalue weighted by molar-refractivity contribution is 6.28. The summed E-state index contributed by atoms with van der Waals surface area (Å²) < 4.78 is 137. The van der Waals surface area contributed by atoms with E-state index in [0.717, 1.165) is 0 Å². The van der Waals surface area contributed by atoms with Crippen LogP contribution in [0.2, 0.25) is 5.28 Å². The third-order valence-corrected chi connectivity index (χ3v) is 1.38. The number of nitrogens with one attached hydrogen (secondary N) is 2. The van der Waals surface area contributed by atoms with Gasteiger partial charge >= 0.3 is 0 Å². The zero-order valence-corrected chi connectivity index (χ0v) is 8.98. The van der Waals surface area contributed by atoms with Gasteiger partial charge in [-0.25, -0.2) is 0 Å². The van der Waals surface area contributed by atoms with E-state index in [9.17, 15) is 0 Å². The van der Waals surface area contributed by atoms with Gasteiger partial charge in [-0.05, 0) is 52.7 Å². The molecule has 0 fully saturated rings. The van der Waals surface area contributed by atoms with Crippen LogP contribution in [0.4, 0.5) is 11.9 Å². The van der Waals surface area contributed by atoms with Crippen molar-refractivity contribution in [3.05, 3.63) is 5.28 Å². The first kappa shape index (κ1) is 3.07. The third kappa shape index (κ3) is 5.68. The maximum absolute atomic E-state index is 7.60. The summed E-state index contributed by atoms with van der Waals surface area (Å²) in [5, 5.41) is 2.48. The lowest BCUT2D eigenvalue weighted by Crippen LogP contribution is -2.30. The van der Waals surface area contributed by atoms with E-state index in [0.29, 0.717) is 0 Å². The van der Waals surface area contributed by atoms with Gasteiger partial charge in [-0.2, -0.15) is 15.0 Å². The van der Waals surface area contributed by atoms with E-state index in [-0.39, 0.29) is 0 Å². The van der Waals surface area contributed by atoms with Gasteiger partial charge in [-0.15, -0.1) is 0 Å². The predicted molar refractivity (Wildman–Crippen MR) is 71.6 cm³/mol. The van der Waals surface area contributed by atoms with Crippen LogP contribution in [0, 0.1) is 0 Å². The van der Waals surface area contributed by atoms with Crippen molar-refractivity contribution < 1.29 is 24.7 Å². The molecule has 0 aliphatic rings. The molecule has 1 heterocycles. The number of aromatic nitrogens is 3. The number of rotatable bonds is 2. The summed E-state index contributed by atoms with van der Waals surface area (Å²) in [6, 6.07) is 0. The number of anilines is 2. The first-order valence-electron chi connectivity index (χ1n) is 13.0. The molecule has 0 aliphatic heterocycles. The highest BCUT2D eigenvalue weighted by Gasteiger charge is 2.16. The fraction of sp³-hybridized carbons (Fsp3) is 0.727. The summed E-state index contributed by atoms with van der Waals surface area (Å²) >= 11 is 5.71. The van der Waals surface area contributed by atoms with Gasteiger partial charge in [0, 0.05) is 35.8 Å². The van der Waals surface area contributed by atoms with Crippen molar-refractivity contribution in [2.75, 3.05) is 10.6 Å². The normalized spacial score (nSPS) is 32.5. The summed E-state index contributed by atoms with van der Waals surface area (Å²) in [4.78, 5) is 10.2. The molecule has 0 atom stereocenters. The van der Waals surface area contributed by atoms with Gasteiger partial charge in [0.25, 0.3) is 0 Å². The van der Waals surface area contributed by atoms with Crippen LogP contribution in [0.15, 0.2) is 0 Å². The third-order valence-electron chi connectivity index (χ3n) is 1.21. The van der Waals surface area contributed by atoms with E-state index in [4.69, 9.17) is 36.3 Å². The zero-order valence-electron chi connectivity index (χ0n) is 26.2. The largest absolute Gasteiger partial charge is 0.349 e. The molecular weight excluding hydrogens is 238 g/mol. The molecule has 0 unspecified atom stereocenters. The van der Waals surface area contributed by atoms with Crippen molar-refractivity contribution >= 4 is 23.5 Å². The molecule has 0 radical (unpaired) electrons. The molecule has 1 aromatic heterocycles. The number of hydrogen-bond acceptors (Lipinski definition) is 5. The van der Waals surface area contributed by atoms with Crippen LogP contribution in [0.25, 0.3) is 0 Å². The molecule has 0 aromatic carbocycles. The van der Waals surface area contributed by atoms with E-state index in [2.05, 4.69) is 15.0 Å². The van der Waals surface area contributed by atoms with Gasteiger partial charge in [0.05, 0.1) is 0 Å². The van der Waals surface area contributed by atoms with Gasteiger partial charge < -0.3 is 10.6 Å². The smallest absolute Gasteiger partial charge is 0.229 e. The summed E-state index contributed by atoms with van der Waals surface area (Å²) in [5.74, 6) is -2.27. The summed E-state index contributed by atoms with van der Waals surface area (Å²) in [7, 11) is 0. The second-order valence-electron chi connectivity index (χ2n) is 3.00. The van der Waals surface area contributed by atoms with Gasteiger partial charge in [-0.3, -0.25) is 0 Å². The van der Waals surface area contributed by atoms with Crippen molar-refractivity contribution in [2.45, 2.75) is 52.2 Å². The van der Waals surface area contributed by atoms with Crippen LogP contribution in [0.3, 0.4) is 0 Å². The van der Waals surface area contributed by atoms with Crippen molar-refractivity contribution in [2.24, 2.45) is 0 Å². The molecule has 0 saturated heterocycles. The lowest BCUT2D eigenvalue weighted by atomic mass is 10.1. The Morgan fingerprint density at radius 3 is 1.65 bits per heavy atom. The molecule has 0 spiro atoms. The standard InChI is InChI=1S/C11H20ClN5/c1-10(2,3)16-8-13-7(12)14-9(15-8)17-11(4,5)6/h1-6H3,(H2,13,14,15,16,17)/i1D3,2D3,3D3,4D3,5D3,6D3. The molecule has 6 heteroatoms. The maximum atomic E-state index is 7.60. The molecule has 0 aliphatic carbocycles. The van der Waals surface area contributed by atoms with Crippen molar-refractivity contribution in [3.63, 3.8) is 0 Å². The molecule has 1 rings (SSSR count). The average molecular weight is 276 g/mol. The van der Waals surface area contributed by atoms with Crippen LogP contribution >= 0.6 is 11.6 Å². The molecule has 0 amide bonds. The Labute approximate surface area is 133 Å². The van der Waals surface area contributed by atoms with Crippen molar-refractivity contribution in [1.29, 1.82) is 0 Å². The van der Waals surface area contributed by atoms with Crippen LogP contribution in [0.1, 0.15) is 65.8 Å². The minimum absolute atomic E-state index is 0.920. The van der Waals surface area contributed by atoms with Crippen LogP contribution in [0.5, 0.6) is 0 Å². The Morgan fingerprint density at radius 1 is 0.882 bits per heavy atom. The summed E-state index contributed by atoms with van der Waals surface area (Å²) in [6.07, 6.45) is 0. The van der Waals surface area contributed by atoms with E-state index in [1.807, 2.05) is 0 Å². The van der Waals surface area contributed by atoms with Gasteiger partial charge in [0.15, 0.2) is 0 Å². The molecular formula is C11H20ClN5. The molecule has 96 valence electrons. The predicted octanol–water partition coefficient (Wildman–Crippen LogP) is 2.95. The van der Waals surface area contributed by atoms with Crippen molar-refractivity contribution in [1.82, 2.24) is 15.0 Å². The lowest BCUT2D eigenvalue weighted by Gasteiger charge is -2.23. The molecule has 0 bridgehead atoms. The maximum Gasteiger partial charge on any atom is 0.229 e. The number of nitrogens with zero attached hydrogens (tertiary/aromatic N) is 3. The second-order valence-corrected chi connectivity index (χ2v) is 3.34. The Hall–Kier alpha value is -1.10. The fourth-order valence-electron chi connectivity index (χ4n) is 0.797. The fourth-order valence-corrected chi connectivity index (χ4v) is 0.957. The quantitative estimate of drug-likeness (QED) is 0.869. The first-order valence-corrected chi connectivity index (χ1v) is 4.41. The SMILES string of the molecule is [2H]C([2H])([2H])C(Nc1nc(Cl)nc(NC(C([2H])([2H])[2H])(C([2H])([2H])[2H])C([2H])([2H])[2H])n1)(C([2H])([2H])[2H])C([2H])([2H])[2H]. The first-order chi connectivity index (χ1) is 15.1. The Balaban J connectivity index is 3.87. The lowest BCUT2D eigenvalue weighted by molar-refractivity contribution is 0.616. The van der Waals surface area contributed by atoms with Gasteiger partial charge in [0.1, 0.15) is 0 Å². The van der Waals surface area contributed by atoms with Crippen molar-refractivity contribution in [3.8, 4) is 0 Å². The zero-order chi connectivity index (χ0) is 28.3. The number of hydrogen-bond donors (Lipinski definition) is 2. The molecule has 1 aromatic rings. The minimum atomic E-state index is -3.75. The minimum Gasteiger partial charge on any atom is -0.349 e. The van der Waals surface area contributed by atoms with Gasteiger partial charge in [-0.1, -0.05) is 0 Å². The highest BCUT2D eigenvalue weighted by Crippen LogP contribution is 2.16. The Bertz CT molecular complexity index is 764. The summed E-state index contributed by atoms with van der Waals surface area (Å²) in [5.41, 5.74) is -7.38. The molecule has 17 heavy (non-hydrogen) atoms. The Kier molecular flexibility index (Phi) is 0.839. The highest BCUT2D eigenvalue weighted by atomic mass is 35.5. The Morgan fingerprint density at radius 2 is 1.29 bits per heavy atom. The van der Waals surface area contributed by atoms with Gasteiger partial charge in [0.2, 0.25) is 17.2 Å². The average Bonchev–Trinajstić information content (AvgIpc) is 2.50. The second kappa shape index (κ2) is 4.64. The van der Waals surface area contributed by atoms with Crippen LogP contribution < -0.4 is 10.6 Å². The molecule has 2 N–H and O–H groups in total. The van der Waals surface area contributed by atoms with E-state index in [1.54, 1.807) is 10.6 Å². The van der Waals surface area contributed by atoms with E-state index >= 15 is 0 Å². The van der Waals surface area contributed by atoms with Crippen LogP contribution in [-0.4, -0.2) is 26.0 Å². The summed E-state index contributed by atoms with van der Waals surface area (Å²) in [6.45, 7) is -22.5. The monoisotopic (exact) mass is 275 g/mol. The van der Waals surface area contributed by atoms with E-state index < -0.39 is 69.4 Å².